The van der Waals surface area contributed by atoms with E-state index in [0.29, 0.717) is 30.2 Å². The van der Waals surface area contributed by atoms with Gasteiger partial charge >= 0.3 is 5.97 Å². The van der Waals surface area contributed by atoms with Gasteiger partial charge in [0.25, 0.3) is 5.91 Å². The van der Waals surface area contributed by atoms with E-state index in [9.17, 15) is 14.4 Å². The van der Waals surface area contributed by atoms with E-state index in [1.807, 2.05) is 13.8 Å². The summed E-state index contributed by atoms with van der Waals surface area (Å²) in [6.45, 7) is 5.95. The van der Waals surface area contributed by atoms with Crippen LogP contribution in [0.1, 0.15) is 33.6 Å². The lowest BCUT2D eigenvalue weighted by Crippen LogP contribution is -2.48. The number of anilines is 1. The Morgan fingerprint density at radius 3 is 2.74 bits per heavy atom. The maximum absolute atomic E-state index is 12.5. The highest BCUT2D eigenvalue weighted by Gasteiger charge is 2.53. The van der Waals surface area contributed by atoms with Crippen molar-refractivity contribution in [3.05, 3.63) is 24.3 Å². The molecule has 0 spiro atoms. The summed E-state index contributed by atoms with van der Waals surface area (Å²) in [6.07, 6.45) is 0.216. The van der Waals surface area contributed by atoms with Crippen LogP contribution in [-0.2, 0) is 19.1 Å². The Hall–Kier alpha value is -2.22. The average molecular weight is 392 g/mol. The number of hydrogen-bond donors (Lipinski definition) is 1. The number of fused-ring (bicyclic) bond motifs is 1. The molecule has 2 fully saturated rings. The predicted molar refractivity (Wildman–Crippen MR) is 103 cm³/mol. The van der Waals surface area contributed by atoms with Crippen LogP contribution in [0.4, 0.5) is 5.69 Å². The minimum atomic E-state index is -0.960. The third-order valence-corrected chi connectivity index (χ3v) is 6.32. The number of benzene rings is 1. The van der Waals surface area contributed by atoms with Crippen LogP contribution in [0.15, 0.2) is 24.3 Å². The van der Waals surface area contributed by atoms with E-state index in [-0.39, 0.29) is 10.8 Å². The largest absolute Gasteiger partial charge is 0.494 e. The molecule has 7 nitrogen and oxygen atoms in total. The molecule has 1 N–H and O–H groups in total. The van der Waals surface area contributed by atoms with Crippen LogP contribution < -0.4 is 10.1 Å². The predicted octanol–water partition coefficient (Wildman–Crippen LogP) is 2.41. The summed E-state index contributed by atoms with van der Waals surface area (Å²) in [7, 11) is 0. The van der Waals surface area contributed by atoms with Crippen molar-refractivity contribution in [2.75, 3.05) is 17.7 Å². The number of ether oxygens (including phenoxy) is 2. The highest BCUT2D eigenvalue weighted by atomic mass is 32.2. The van der Waals surface area contributed by atoms with Gasteiger partial charge < -0.3 is 19.7 Å². The summed E-state index contributed by atoms with van der Waals surface area (Å²) in [4.78, 5) is 38.3. The summed E-state index contributed by atoms with van der Waals surface area (Å²) in [6, 6.07) is 6.32. The van der Waals surface area contributed by atoms with Gasteiger partial charge in [-0.15, -0.1) is 11.8 Å². The topological polar surface area (TPSA) is 84.9 Å². The molecule has 0 bridgehead atoms. The summed E-state index contributed by atoms with van der Waals surface area (Å²) < 4.78 is 10.7. The van der Waals surface area contributed by atoms with Gasteiger partial charge in [-0.25, -0.2) is 4.79 Å². The maximum atomic E-state index is 12.5. The molecule has 3 atom stereocenters. The number of thioether (sulfide) groups is 1. The lowest BCUT2D eigenvalue weighted by Gasteiger charge is -2.29. The maximum Gasteiger partial charge on any atom is 0.330 e. The molecule has 2 amide bonds. The molecule has 0 aliphatic carbocycles. The van der Waals surface area contributed by atoms with Gasteiger partial charge in [-0.1, -0.05) is 0 Å². The SMILES string of the molecule is CCOc1ccc(NC(=O)[C@H](C)OC(=O)[C@H]2CS[C@@]3(C)CCC(=O)N23)cc1. The number of esters is 1. The van der Waals surface area contributed by atoms with Crippen LogP contribution in [0.2, 0.25) is 0 Å². The van der Waals surface area contributed by atoms with Crippen LogP contribution in [0.25, 0.3) is 0 Å². The first-order chi connectivity index (χ1) is 12.8. The van der Waals surface area contributed by atoms with Gasteiger partial charge in [0.05, 0.1) is 11.5 Å². The Balaban J connectivity index is 1.56. The molecule has 2 aliphatic rings. The number of hydrogen-bond acceptors (Lipinski definition) is 6. The molecule has 146 valence electrons. The lowest BCUT2D eigenvalue weighted by atomic mass is 10.2. The van der Waals surface area contributed by atoms with Crippen molar-refractivity contribution in [3.8, 4) is 5.75 Å². The van der Waals surface area contributed by atoms with Gasteiger partial charge in [0, 0.05) is 17.9 Å². The van der Waals surface area contributed by atoms with Crippen LogP contribution in [0.5, 0.6) is 5.75 Å². The molecule has 1 aromatic carbocycles. The fourth-order valence-corrected chi connectivity index (χ4v) is 4.76. The molecular weight excluding hydrogens is 368 g/mol. The summed E-state index contributed by atoms with van der Waals surface area (Å²) in [5.74, 6) is 0.223. The molecule has 3 rings (SSSR count). The molecule has 0 aromatic heterocycles. The van der Waals surface area contributed by atoms with E-state index in [2.05, 4.69) is 5.32 Å². The van der Waals surface area contributed by atoms with Gasteiger partial charge in [0.1, 0.15) is 11.8 Å². The monoisotopic (exact) mass is 392 g/mol. The first kappa shape index (κ1) is 19.5. The highest BCUT2D eigenvalue weighted by molar-refractivity contribution is 8.01. The van der Waals surface area contributed by atoms with Crippen LogP contribution >= 0.6 is 11.8 Å². The summed E-state index contributed by atoms with van der Waals surface area (Å²) in [5, 5.41) is 2.71. The Kier molecular flexibility index (Phi) is 5.64. The Bertz CT molecular complexity index is 738. The second-order valence-electron chi connectivity index (χ2n) is 6.79. The van der Waals surface area contributed by atoms with Crippen LogP contribution in [-0.4, -0.2) is 52.1 Å². The Labute approximate surface area is 162 Å². The normalized spacial score (nSPS) is 25.1. The lowest BCUT2D eigenvalue weighted by molar-refractivity contribution is -0.160. The number of amides is 2. The number of rotatable bonds is 6. The molecule has 2 heterocycles. The van der Waals surface area contributed by atoms with Gasteiger partial charge in [-0.3, -0.25) is 9.59 Å². The summed E-state index contributed by atoms with van der Waals surface area (Å²) in [5.41, 5.74) is 0.588. The standard InChI is InChI=1S/C19H24N2O5S/c1-4-25-14-7-5-13(6-8-14)20-17(23)12(2)26-18(24)15-11-27-19(3)10-9-16(22)21(15)19/h5-8,12,15H,4,9-11H2,1-3H3,(H,20,23)/t12-,15+,19-/m0/s1. The molecule has 0 unspecified atom stereocenters. The van der Waals surface area contributed by atoms with Crippen molar-refractivity contribution in [2.45, 2.75) is 50.6 Å². The van der Waals surface area contributed by atoms with Gasteiger partial charge in [0.2, 0.25) is 5.91 Å². The van der Waals surface area contributed by atoms with Gasteiger partial charge in [0.15, 0.2) is 6.10 Å². The minimum Gasteiger partial charge on any atom is -0.494 e. The van der Waals surface area contributed by atoms with Crippen LogP contribution in [0.3, 0.4) is 0 Å². The zero-order valence-electron chi connectivity index (χ0n) is 15.7. The molecular formula is C19H24N2O5S. The molecule has 2 saturated heterocycles. The van der Waals surface area contributed by atoms with E-state index in [0.717, 1.165) is 6.42 Å². The third kappa shape index (κ3) is 4.05. The van der Waals surface area contributed by atoms with Crippen molar-refractivity contribution in [1.82, 2.24) is 4.90 Å². The van der Waals surface area contributed by atoms with E-state index in [1.165, 1.54) is 6.92 Å². The van der Waals surface area contributed by atoms with Gasteiger partial charge in [-0.05, 0) is 51.5 Å². The van der Waals surface area contributed by atoms with Crippen molar-refractivity contribution in [3.63, 3.8) is 0 Å². The van der Waals surface area contributed by atoms with E-state index >= 15 is 0 Å². The Morgan fingerprint density at radius 1 is 1.37 bits per heavy atom. The highest BCUT2D eigenvalue weighted by Crippen LogP contribution is 2.47. The second kappa shape index (κ2) is 7.80. The molecule has 1 aromatic rings. The number of carbonyl (C=O) groups excluding carboxylic acids is 3. The fourth-order valence-electron chi connectivity index (χ4n) is 3.35. The average Bonchev–Trinajstić information content (AvgIpc) is 3.13. The van der Waals surface area contributed by atoms with Crippen molar-refractivity contribution in [1.29, 1.82) is 0 Å². The Morgan fingerprint density at radius 2 is 2.07 bits per heavy atom. The van der Waals surface area contributed by atoms with Crippen molar-refractivity contribution >= 4 is 35.2 Å². The first-order valence-corrected chi connectivity index (χ1v) is 10.0. The zero-order chi connectivity index (χ0) is 19.6. The summed E-state index contributed by atoms with van der Waals surface area (Å²) >= 11 is 1.59. The molecule has 8 heteroatoms. The van der Waals surface area contributed by atoms with Crippen LogP contribution in [0, 0.1) is 0 Å². The second-order valence-corrected chi connectivity index (χ2v) is 8.29. The van der Waals surface area contributed by atoms with E-state index < -0.39 is 24.0 Å². The van der Waals surface area contributed by atoms with Gasteiger partial charge in [-0.2, -0.15) is 0 Å². The fraction of sp³-hybridized carbons (Fsp3) is 0.526. The zero-order valence-corrected chi connectivity index (χ0v) is 16.5. The van der Waals surface area contributed by atoms with E-state index in [1.54, 1.807) is 40.9 Å². The number of carbonyl (C=O) groups is 3. The minimum absolute atomic E-state index is 0.0315. The first-order valence-electron chi connectivity index (χ1n) is 9.04. The van der Waals surface area contributed by atoms with Crippen molar-refractivity contribution < 1.29 is 23.9 Å². The molecule has 27 heavy (non-hydrogen) atoms. The molecule has 2 aliphatic heterocycles. The molecule has 0 radical (unpaired) electrons. The number of nitrogens with one attached hydrogen (secondary N) is 1. The molecule has 0 saturated carbocycles. The smallest absolute Gasteiger partial charge is 0.330 e. The van der Waals surface area contributed by atoms with Crippen molar-refractivity contribution in [2.24, 2.45) is 0 Å². The van der Waals surface area contributed by atoms with E-state index in [4.69, 9.17) is 9.47 Å². The number of nitrogens with zero attached hydrogens (tertiary/aromatic N) is 1. The third-order valence-electron chi connectivity index (χ3n) is 4.81. The quantitative estimate of drug-likeness (QED) is 0.749.